The van der Waals surface area contributed by atoms with Crippen LogP contribution in [0.3, 0.4) is 0 Å². The van der Waals surface area contributed by atoms with Gasteiger partial charge in [-0.3, -0.25) is 10.1 Å². The molecule has 0 radical (unpaired) electrons. The molecule has 0 aromatic heterocycles. The molecule has 0 amide bonds. The number of nitrogens with zero attached hydrogens (tertiary/aromatic N) is 1. The van der Waals surface area contributed by atoms with Crippen molar-refractivity contribution >= 4 is 17.3 Å². The molecule has 0 aliphatic rings. The van der Waals surface area contributed by atoms with Crippen LogP contribution in [0.5, 0.6) is 0 Å². The summed E-state index contributed by atoms with van der Waals surface area (Å²) < 4.78 is 13.1. The van der Waals surface area contributed by atoms with Crippen molar-refractivity contribution in [1.82, 2.24) is 0 Å². The van der Waals surface area contributed by atoms with Crippen LogP contribution in [0.25, 0.3) is 0 Å². The van der Waals surface area contributed by atoms with Crippen molar-refractivity contribution in [3.8, 4) is 0 Å². The molecule has 0 aliphatic carbocycles. The molecule has 7 heteroatoms. The summed E-state index contributed by atoms with van der Waals surface area (Å²) in [5.74, 6) is -1.71. The number of hydrogen-bond acceptors (Lipinski definition) is 4. The molecular weight excluding hydrogens is 279 g/mol. The van der Waals surface area contributed by atoms with Gasteiger partial charge in [0.25, 0.3) is 5.69 Å². The van der Waals surface area contributed by atoms with Gasteiger partial charge in [-0.25, -0.2) is 9.18 Å². The normalized spacial score (nSPS) is 10.1. The van der Waals surface area contributed by atoms with Crippen molar-refractivity contribution < 1.29 is 19.2 Å². The zero-order chi connectivity index (χ0) is 15.4. The van der Waals surface area contributed by atoms with E-state index in [1.807, 2.05) is 0 Å². The molecule has 0 atom stereocenters. The molecule has 2 rings (SSSR count). The van der Waals surface area contributed by atoms with Crippen LogP contribution in [-0.2, 0) is 6.54 Å². The molecule has 21 heavy (non-hydrogen) atoms. The Morgan fingerprint density at radius 1 is 1.29 bits per heavy atom. The Bertz CT molecular complexity index is 671. The van der Waals surface area contributed by atoms with Crippen LogP contribution >= 0.6 is 0 Å². The molecule has 0 saturated carbocycles. The Morgan fingerprint density at radius 3 is 2.62 bits per heavy atom. The van der Waals surface area contributed by atoms with E-state index >= 15 is 0 Å². The predicted octanol–water partition coefficient (Wildman–Crippen LogP) is 3.04. The smallest absolute Gasteiger partial charge is 0.338 e. The van der Waals surface area contributed by atoms with E-state index in [2.05, 4.69) is 5.32 Å². The molecule has 2 aromatic rings. The minimum Gasteiger partial charge on any atom is -0.478 e. The number of benzene rings is 2. The summed E-state index contributed by atoms with van der Waals surface area (Å²) in [4.78, 5) is 21.4. The monoisotopic (exact) mass is 290 g/mol. The standard InChI is InChI=1S/C14H11FN2O4/c15-10-4-1-3-9(7-10)8-16-13-11(14(18)19)5-2-6-12(13)17(20)21/h1-7,16H,8H2,(H,18,19). The van der Waals surface area contributed by atoms with Gasteiger partial charge in [-0.2, -0.15) is 0 Å². The molecule has 2 N–H and O–H groups in total. The number of nitro benzene ring substituents is 1. The fourth-order valence-electron chi connectivity index (χ4n) is 1.89. The van der Waals surface area contributed by atoms with E-state index in [-0.39, 0.29) is 23.5 Å². The average Bonchev–Trinajstić information content (AvgIpc) is 2.44. The van der Waals surface area contributed by atoms with Crippen molar-refractivity contribution in [2.24, 2.45) is 0 Å². The van der Waals surface area contributed by atoms with Crippen molar-refractivity contribution in [3.63, 3.8) is 0 Å². The van der Waals surface area contributed by atoms with Crippen LogP contribution < -0.4 is 5.32 Å². The Labute approximate surface area is 119 Å². The van der Waals surface area contributed by atoms with E-state index in [4.69, 9.17) is 5.11 Å². The van der Waals surface area contributed by atoms with E-state index in [0.717, 1.165) is 0 Å². The van der Waals surface area contributed by atoms with E-state index in [1.54, 1.807) is 6.07 Å². The summed E-state index contributed by atoms with van der Waals surface area (Å²) in [6.45, 7) is 0.0723. The Kier molecular flexibility index (Phi) is 4.13. The van der Waals surface area contributed by atoms with Gasteiger partial charge >= 0.3 is 5.97 Å². The Hall–Kier alpha value is -2.96. The zero-order valence-corrected chi connectivity index (χ0v) is 10.7. The second kappa shape index (κ2) is 6.00. The molecule has 6 nitrogen and oxygen atoms in total. The van der Waals surface area contributed by atoms with Crippen molar-refractivity contribution in [3.05, 3.63) is 69.5 Å². The topological polar surface area (TPSA) is 92.5 Å². The van der Waals surface area contributed by atoms with Crippen molar-refractivity contribution in [2.75, 3.05) is 5.32 Å². The van der Waals surface area contributed by atoms with Crippen LogP contribution in [0, 0.1) is 15.9 Å². The molecule has 0 heterocycles. The first-order valence-electron chi connectivity index (χ1n) is 5.98. The first kappa shape index (κ1) is 14.4. The Morgan fingerprint density at radius 2 is 2.00 bits per heavy atom. The van der Waals surface area contributed by atoms with Crippen LogP contribution in [-0.4, -0.2) is 16.0 Å². The number of rotatable bonds is 5. The minimum absolute atomic E-state index is 0.0723. The molecule has 0 bridgehead atoms. The van der Waals surface area contributed by atoms with Crippen LogP contribution in [0.4, 0.5) is 15.8 Å². The highest BCUT2D eigenvalue weighted by atomic mass is 19.1. The number of nitro groups is 1. The van der Waals surface area contributed by atoms with E-state index in [9.17, 15) is 19.3 Å². The third-order valence-electron chi connectivity index (χ3n) is 2.83. The molecule has 108 valence electrons. The maximum absolute atomic E-state index is 13.1. The van der Waals surface area contributed by atoms with Crippen LogP contribution in [0.1, 0.15) is 15.9 Å². The predicted molar refractivity (Wildman–Crippen MR) is 73.8 cm³/mol. The average molecular weight is 290 g/mol. The number of anilines is 1. The number of carbonyl (C=O) groups is 1. The first-order chi connectivity index (χ1) is 9.99. The largest absolute Gasteiger partial charge is 0.478 e. The van der Waals surface area contributed by atoms with Gasteiger partial charge in [-0.05, 0) is 23.8 Å². The fourth-order valence-corrected chi connectivity index (χ4v) is 1.89. The number of halogens is 1. The van der Waals surface area contributed by atoms with Crippen LogP contribution in [0.15, 0.2) is 42.5 Å². The molecule has 0 fully saturated rings. The summed E-state index contributed by atoms with van der Waals surface area (Å²) in [5.41, 5.74) is -0.101. The summed E-state index contributed by atoms with van der Waals surface area (Å²) in [7, 11) is 0. The van der Waals surface area contributed by atoms with Crippen LogP contribution in [0.2, 0.25) is 0 Å². The molecule has 0 spiro atoms. The van der Waals surface area contributed by atoms with Gasteiger partial charge in [0, 0.05) is 12.6 Å². The lowest BCUT2D eigenvalue weighted by Gasteiger charge is -2.10. The maximum Gasteiger partial charge on any atom is 0.338 e. The number of aromatic carboxylic acids is 1. The van der Waals surface area contributed by atoms with Gasteiger partial charge < -0.3 is 10.4 Å². The van der Waals surface area contributed by atoms with Gasteiger partial charge in [0.2, 0.25) is 0 Å². The first-order valence-corrected chi connectivity index (χ1v) is 5.98. The van der Waals surface area contributed by atoms with Crippen molar-refractivity contribution in [1.29, 1.82) is 0 Å². The highest BCUT2D eigenvalue weighted by Crippen LogP contribution is 2.28. The summed E-state index contributed by atoms with van der Waals surface area (Å²) in [6, 6.07) is 9.45. The van der Waals surface area contributed by atoms with Gasteiger partial charge in [0.15, 0.2) is 0 Å². The quantitative estimate of drug-likeness (QED) is 0.652. The number of para-hydroxylation sites is 1. The summed E-state index contributed by atoms with van der Waals surface area (Å²) >= 11 is 0. The highest BCUT2D eigenvalue weighted by Gasteiger charge is 2.20. The number of hydrogen-bond donors (Lipinski definition) is 2. The molecule has 0 saturated heterocycles. The minimum atomic E-state index is -1.28. The maximum atomic E-state index is 13.1. The van der Waals surface area contributed by atoms with E-state index in [1.165, 1.54) is 36.4 Å². The number of nitrogens with one attached hydrogen (secondary N) is 1. The lowest BCUT2D eigenvalue weighted by atomic mass is 10.1. The Balaban J connectivity index is 2.33. The summed E-state index contributed by atoms with van der Waals surface area (Å²) in [5, 5.41) is 22.8. The zero-order valence-electron chi connectivity index (χ0n) is 10.7. The molecular formula is C14H11FN2O4. The third kappa shape index (κ3) is 3.33. The van der Waals surface area contributed by atoms with Gasteiger partial charge in [-0.1, -0.05) is 18.2 Å². The molecule has 0 unspecified atom stereocenters. The summed E-state index contributed by atoms with van der Waals surface area (Å²) in [6.07, 6.45) is 0. The molecule has 2 aromatic carbocycles. The van der Waals surface area contributed by atoms with Crippen molar-refractivity contribution in [2.45, 2.75) is 6.54 Å². The lowest BCUT2D eigenvalue weighted by molar-refractivity contribution is -0.384. The number of carboxylic acids is 1. The van der Waals surface area contributed by atoms with Gasteiger partial charge in [-0.15, -0.1) is 0 Å². The number of carboxylic acid groups (broad SMARTS) is 1. The third-order valence-corrected chi connectivity index (χ3v) is 2.83. The van der Waals surface area contributed by atoms with Gasteiger partial charge in [0.1, 0.15) is 11.5 Å². The second-order valence-electron chi connectivity index (χ2n) is 4.25. The van der Waals surface area contributed by atoms with E-state index < -0.39 is 16.7 Å². The highest BCUT2D eigenvalue weighted by molar-refractivity contribution is 5.96. The fraction of sp³-hybridized carbons (Fsp3) is 0.0714. The SMILES string of the molecule is O=C(O)c1cccc([N+](=O)[O-])c1NCc1cccc(F)c1. The molecule has 0 aliphatic heterocycles. The van der Waals surface area contributed by atoms with Gasteiger partial charge in [0.05, 0.1) is 10.5 Å². The lowest BCUT2D eigenvalue weighted by Crippen LogP contribution is -2.09. The second-order valence-corrected chi connectivity index (χ2v) is 4.25. The van der Waals surface area contributed by atoms with E-state index in [0.29, 0.717) is 5.56 Å².